The Balaban J connectivity index is 0.00000225. The molecule has 1 unspecified atom stereocenters. The first-order valence-electron chi connectivity index (χ1n) is 4.06. The Morgan fingerprint density at radius 1 is 1.50 bits per heavy atom. The van der Waals surface area contributed by atoms with Crippen molar-refractivity contribution in [3.05, 3.63) is 29.6 Å². The normalized spacial score (nSPS) is 12.8. The Hall–Kier alpha value is -0.993. The van der Waals surface area contributed by atoms with Gasteiger partial charge in [-0.1, -0.05) is 6.92 Å². The Morgan fingerprint density at radius 3 is 2.50 bits per heavy atom. The van der Waals surface area contributed by atoms with Gasteiger partial charge in [0.1, 0.15) is 5.69 Å². The Kier molecular flexibility index (Phi) is 5.04. The Morgan fingerprint density at radius 2 is 2.06 bits per heavy atom. The maximum Gasteiger partial charge on any atom is 1.00 e. The van der Waals surface area contributed by atoms with Gasteiger partial charge >= 0.3 is 25.0 Å². The fourth-order valence-electron chi connectivity index (χ4n) is 1.01. The summed E-state index contributed by atoms with van der Waals surface area (Å²) in [6, 6.07) is 1.93. The predicted octanol–water partition coefficient (Wildman–Crippen LogP) is -2.04. The molecule has 0 saturated heterocycles. The molecule has 0 fully saturated rings. The number of alkyl halides is 3. The van der Waals surface area contributed by atoms with Crippen LogP contribution in [0, 0.1) is 0 Å². The molecule has 0 N–H and O–H groups in total. The molecular weight excluding hydrogens is 218 g/mol. The Bertz CT molecular complexity index is 381. The van der Waals surface area contributed by atoms with Gasteiger partial charge in [-0.2, -0.15) is 13.2 Å². The van der Waals surface area contributed by atoms with Crippen molar-refractivity contribution >= 4 is 5.97 Å². The first kappa shape index (κ1) is 15.0. The summed E-state index contributed by atoms with van der Waals surface area (Å²) in [7, 11) is 0. The van der Waals surface area contributed by atoms with Crippen molar-refractivity contribution in [2.45, 2.75) is 19.0 Å². The number of aromatic nitrogens is 1. The average Bonchev–Trinajstić information content (AvgIpc) is 2.15. The van der Waals surface area contributed by atoms with Gasteiger partial charge in [0.2, 0.25) is 0 Å². The number of carboxylic acid groups (broad SMARTS) is 1. The van der Waals surface area contributed by atoms with E-state index < -0.39 is 23.8 Å². The van der Waals surface area contributed by atoms with Crippen molar-refractivity contribution < 1.29 is 41.9 Å². The smallest absolute Gasteiger partial charge is 0.550 e. The van der Waals surface area contributed by atoms with Gasteiger partial charge in [-0.15, -0.1) is 0 Å². The average molecular weight is 225 g/mol. The van der Waals surface area contributed by atoms with Gasteiger partial charge in [-0.25, -0.2) is 0 Å². The molecule has 1 atom stereocenters. The maximum atomic E-state index is 12.2. The minimum absolute atomic E-state index is 0. The van der Waals surface area contributed by atoms with Crippen LogP contribution in [0.4, 0.5) is 13.2 Å². The van der Waals surface area contributed by atoms with Gasteiger partial charge < -0.3 is 9.90 Å². The number of pyridine rings is 1. The number of carbonyl (C=O) groups is 1. The summed E-state index contributed by atoms with van der Waals surface area (Å²) in [4.78, 5) is 13.6. The van der Waals surface area contributed by atoms with Crippen molar-refractivity contribution in [3.63, 3.8) is 0 Å². The largest absolute Gasteiger partial charge is 1.00 e. The first-order chi connectivity index (χ1) is 6.82. The fraction of sp³-hybridized carbons (Fsp3) is 0.333. The van der Waals surface area contributed by atoms with Crippen molar-refractivity contribution in [1.82, 2.24) is 4.98 Å². The Labute approximate surface area is 102 Å². The molecule has 1 aromatic rings. The molecule has 0 radical (unpaired) electrons. The van der Waals surface area contributed by atoms with E-state index in [2.05, 4.69) is 4.98 Å². The van der Waals surface area contributed by atoms with Crippen molar-refractivity contribution in [2.75, 3.05) is 0 Å². The second-order valence-corrected chi connectivity index (χ2v) is 3.01. The number of rotatable bonds is 2. The summed E-state index contributed by atoms with van der Waals surface area (Å²) >= 11 is 0. The first-order valence-corrected chi connectivity index (χ1v) is 4.06. The zero-order valence-corrected chi connectivity index (χ0v) is 8.71. The van der Waals surface area contributed by atoms with Crippen LogP contribution >= 0.6 is 0 Å². The van der Waals surface area contributed by atoms with Gasteiger partial charge in [0.25, 0.3) is 0 Å². The van der Waals surface area contributed by atoms with E-state index in [4.69, 9.17) is 0 Å². The van der Waals surface area contributed by atoms with Crippen LogP contribution in [0.1, 0.15) is 24.1 Å². The summed E-state index contributed by atoms with van der Waals surface area (Å²) < 4.78 is 36.6. The second kappa shape index (κ2) is 5.37. The third-order valence-corrected chi connectivity index (χ3v) is 1.93. The van der Waals surface area contributed by atoms with Crippen LogP contribution in [-0.4, -0.2) is 11.0 Å². The van der Waals surface area contributed by atoms with Crippen LogP contribution in [-0.2, 0) is 11.0 Å². The number of hydrogen-bond donors (Lipinski definition) is 0. The zero-order valence-electron chi connectivity index (χ0n) is 8.71. The predicted molar refractivity (Wildman–Crippen MR) is 42.7 cm³/mol. The molecule has 1 aromatic heterocycles. The molecule has 0 saturated carbocycles. The van der Waals surface area contributed by atoms with Crippen LogP contribution < -0.4 is 24.0 Å². The van der Waals surface area contributed by atoms with Crippen LogP contribution in [0.2, 0.25) is 0 Å². The minimum Gasteiger partial charge on any atom is -0.550 e. The van der Waals surface area contributed by atoms with Crippen LogP contribution in [0.25, 0.3) is 0 Å². The summed E-state index contributed by atoms with van der Waals surface area (Å²) in [6.45, 7) is 1.25. The summed E-state index contributed by atoms with van der Waals surface area (Å²) in [5.41, 5.74) is -1.08. The minimum atomic E-state index is -4.57. The van der Waals surface area contributed by atoms with Gasteiger partial charge in [-0.05, 0) is 17.7 Å². The molecule has 7 heteroatoms. The van der Waals surface area contributed by atoms with E-state index in [9.17, 15) is 23.1 Å². The van der Waals surface area contributed by atoms with Crippen LogP contribution in [0.5, 0.6) is 0 Å². The van der Waals surface area contributed by atoms with E-state index in [0.717, 1.165) is 6.20 Å². The third-order valence-electron chi connectivity index (χ3n) is 1.93. The summed E-state index contributed by atoms with van der Waals surface area (Å²) in [6.07, 6.45) is -3.64. The van der Waals surface area contributed by atoms with Crippen molar-refractivity contribution in [2.24, 2.45) is 0 Å². The number of aliphatic carboxylic acids is 1. The quantitative estimate of drug-likeness (QED) is 0.545. The molecule has 0 aliphatic rings. The van der Waals surface area contributed by atoms with E-state index >= 15 is 0 Å². The molecule has 0 aromatic carbocycles. The van der Waals surface area contributed by atoms with E-state index in [1.54, 1.807) is 0 Å². The van der Waals surface area contributed by atoms with E-state index in [1.807, 2.05) is 0 Å². The van der Waals surface area contributed by atoms with Crippen LogP contribution in [0.15, 0.2) is 18.3 Å². The van der Waals surface area contributed by atoms with Crippen molar-refractivity contribution in [3.8, 4) is 0 Å². The number of halogens is 3. The molecule has 0 amide bonds. The molecule has 1 rings (SSSR count). The van der Waals surface area contributed by atoms with Gasteiger partial charge in [0, 0.05) is 18.1 Å². The third kappa shape index (κ3) is 3.54. The molecule has 0 aliphatic heterocycles. The van der Waals surface area contributed by atoms with E-state index in [1.165, 1.54) is 13.0 Å². The molecule has 1 heterocycles. The number of hydrogen-bond acceptors (Lipinski definition) is 3. The SMILES string of the molecule is CC(C(=O)[O-])c1ccnc(C(F)(F)F)c1.[Li+]. The molecule has 82 valence electrons. The van der Waals surface area contributed by atoms with Gasteiger partial charge in [0.05, 0.1) is 0 Å². The van der Waals surface area contributed by atoms with Gasteiger partial charge in [-0.3, -0.25) is 4.98 Å². The van der Waals surface area contributed by atoms with E-state index in [-0.39, 0.29) is 24.4 Å². The fourth-order valence-corrected chi connectivity index (χ4v) is 1.01. The summed E-state index contributed by atoms with van der Waals surface area (Å²) in [5, 5.41) is 10.4. The molecule has 0 aliphatic carbocycles. The van der Waals surface area contributed by atoms with Crippen molar-refractivity contribution in [1.29, 1.82) is 0 Å². The maximum absolute atomic E-state index is 12.2. The van der Waals surface area contributed by atoms with E-state index in [0.29, 0.717) is 6.07 Å². The zero-order chi connectivity index (χ0) is 11.6. The molecule has 16 heavy (non-hydrogen) atoms. The topological polar surface area (TPSA) is 53.0 Å². The second-order valence-electron chi connectivity index (χ2n) is 3.01. The number of carboxylic acids is 1. The van der Waals surface area contributed by atoms with Crippen LogP contribution in [0.3, 0.4) is 0 Å². The van der Waals surface area contributed by atoms with Gasteiger partial charge in [0.15, 0.2) is 0 Å². The summed E-state index contributed by atoms with van der Waals surface area (Å²) in [5.74, 6) is -2.51. The molecule has 3 nitrogen and oxygen atoms in total. The molecule has 0 spiro atoms. The standard InChI is InChI=1S/C9H8F3NO2.Li/c1-5(8(14)15)6-2-3-13-7(4-6)9(10,11)12;/h2-5H,1H3,(H,14,15);/q;+1/p-1. The molecular formula is C9H7F3LiNO2. The molecule has 0 bridgehead atoms. The number of carbonyl (C=O) groups excluding carboxylic acids is 1. The number of nitrogens with zero attached hydrogens (tertiary/aromatic N) is 1. The monoisotopic (exact) mass is 225 g/mol.